The molecule has 0 aliphatic rings. The van der Waals surface area contributed by atoms with Crippen molar-refractivity contribution >= 4 is 46.4 Å². The molecule has 2 rings (SSSR count). The Balaban J connectivity index is 2.69. The van der Waals surface area contributed by atoms with Crippen LogP contribution in [0.25, 0.3) is 11.1 Å². The first-order chi connectivity index (χ1) is 8.95. The summed E-state index contributed by atoms with van der Waals surface area (Å²) in [6, 6.07) is 7.49. The average molecular weight is 335 g/mol. The van der Waals surface area contributed by atoms with Crippen LogP contribution in [0.4, 0.5) is 0 Å². The molecule has 2 aromatic carbocycles. The van der Waals surface area contributed by atoms with Gasteiger partial charge >= 0.3 is 0 Å². The minimum Gasteiger partial charge on any atom is -0.326 e. The highest BCUT2D eigenvalue weighted by atomic mass is 35.5. The van der Waals surface area contributed by atoms with Gasteiger partial charge in [0.05, 0.1) is 20.1 Å². The van der Waals surface area contributed by atoms with Gasteiger partial charge < -0.3 is 5.73 Å². The molecular formula is C14H11Cl4N. The summed E-state index contributed by atoms with van der Waals surface area (Å²) in [5.74, 6) is 0. The fraction of sp³-hybridized carbons (Fsp3) is 0.143. The Hall–Kier alpha value is -0.440. The third-order valence-corrected chi connectivity index (χ3v) is 4.47. The number of nitrogens with two attached hydrogens (primary N) is 1. The van der Waals surface area contributed by atoms with Crippen molar-refractivity contribution in [2.75, 3.05) is 0 Å². The molecule has 0 amide bonds. The van der Waals surface area contributed by atoms with E-state index in [0.29, 0.717) is 32.2 Å². The van der Waals surface area contributed by atoms with E-state index >= 15 is 0 Å². The van der Waals surface area contributed by atoms with E-state index in [-0.39, 0.29) is 0 Å². The van der Waals surface area contributed by atoms with Crippen LogP contribution in [-0.4, -0.2) is 0 Å². The SMILES string of the molecule is Cc1cc(CN)ccc1-c1c(Cl)cc(Cl)c(Cl)c1Cl. The van der Waals surface area contributed by atoms with Gasteiger partial charge in [-0.3, -0.25) is 0 Å². The normalized spacial score (nSPS) is 10.8. The summed E-state index contributed by atoms with van der Waals surface area (Å²) in [7, 11) is 0. The second kappa shape index (κ2) is 5.90. The molecule has 2 aromatic rings. The molecule has 0 aliphatic heterocycles. The van der Waals surface area contributed by atoms with Gasteiger partial charge in [0.15, 0.2) is 0 Å². The van der Waals surface area contributed by atoms with Crippen LogP contribution in [0.5, 0.6) is 0 Å². The Morgan fingerprint density at radius 1 is 0.947 bits per heavy atom. The van der Waals surface area contributed by atoms with Gasteiger partial charge in [0, 0.05) is 12.1 Å². The molecule has 2 N–H and O–H groups in total. The van der Waals surface area contributed by atoms with E-state index < -0.39 is 0 Å². The largest absolute Gasteiger partial charge is 0.326 e. The zero-order valence-corrected chi connectivity index (χ0v) is 13.1. The number of benzene rings is 2. The summed E-state index contributed by atoms with van der Waals surface area (Å²) in [4.78, 5) is 0. The van der Waals surface area contributed by atoms with Crippen molar-refractivity contribution in [3.8, 4) is 11.1 Å². The summed E-state index contributed by atoms with van der Waals surface area (Å²) in [5.41, 5.74) is 9.32. The molecule has 0 aromatic heterocycles. The molecule has 5 heteroatoms. The van der Waals surface area contributed by atoms with Gasteiger partial charge in [-0.25, -0.2) is 0 Å². The molecule has 0 atom stereocenters. The first kappa shape index (κ1) is 15.0. The van der Waals surface area contributed by atoms with Crippen LogP contribution in [0.2, 0.25) is 20.1 Å². The zero-order valence-electron chi connectivity index (χ0n) is 10.1. The summed E-state index contributed by atoms with van der Waals surface area (Å²) in [5, 5.41) is 1.49. The molecule has 0 saturated heterocycles. The molecule has 0 aliphatic carbocycles. The molecule has 100 valence electrons. The number of hydrogen-bond acceptors (Lipinski definition) is 1. The maximum Gasteiger partial charge on any atom is 0.0785 e. The molecule has 0 fully saturated rings. The van der Waals surface area contributed by atoms with Crippen LogP contribution < -0.4 is 5.73 Å². The van der Waals surface area contributed by atoms with Gasteiger partial charge in [-0.15, -0.1) is 0 Å². The fourth-order valence-electron chi connectivity index (χ4n) is 1.95. The maximum absolute atomic E-state index is 6.26. The summed E-state index contributed by atoms with van der Waals surface area (Å²) < 4.78 is 0. The Morgan fingerprint density at radius 3 is 2.21 bits per heavy atom. The first-order valence-corrected chi connectivity index (χ1v) is 7.09. The van der Waals surface area contributed by atoms with Crippen molar-refractivity contribution in [3.63, 3.8) is 0 Å². The lowest BCUT2D eigenvalue weighted by Gasteiger charge is -2.13. The van der Waals surface area contributed by atoms with E-state index in [1.165, 1.54) is 0 Å². The fourth-order valence-corrected chi connectivity index (χ4v) is 3.06. The molecule has 0 heterocycles. The van der Waals surface area contributed by atoms with E-state index in [2.05, 4.69) is 0 Å². The van der Waals surface area contributed by atoms with E-state index in [0.717, 1.165) is 16.7 Å². The predicted octanol–water partition coefficient (Wildman–Crippen LogP) is 5.73. The van der Waals surface area contributed by atoms with Crippen molar-refractivity contribution in [1.29, 1.82) is 0 Å². The van der Waals surface area contributed by atoms with Gasteiger partial charge in [0.1, 0.15) is 0 Å². The number of halogens is 4. The molecule has 19 heavy (non-hydrogen) atoms. The smallest absolute Gasteiger partial charge is 0.0785 e. The minimum atomic E-state index is 0.310. The second-order valence-electron chi connectivity index (χ2n) is 4.20. The quantitative estimate of drug-likeness (QED) is 0.550. The Labute approximate surface area is 132 Å². The Morgan fingerprint density at radius 2 is 1.63 bits per heavy atom. The predicted molar refractivity (Wildman–Crippen MR) is 84.5 cm³/mol. The first-order valence-electron chi connectivity index (χ1n) is 5.58. The maximum atomic E-state index is 6.26. The Bertz CT molecular complexity index is 638. The highest BCUT2D eigenvalue weighted by molar-refractivity contribution is 6.51. The van der Waals surface area contributed by atoms with Crippen LogP contribution >= 0.6 is 46.4 Å². The van der Waals surface area contributed by atoms with E-state index in [4.69, 9.17) is 52.1 Å². The van der Waals surface area contributed by atoms with Gasteiger partial charge in [0.2, 0.25) is 0 Å². The molecule has 0 spiro atoms. The monoisotopic (exact) mass is 333 g/mol. The average Bonchev–Trinajstić information content (AvgIpc) is 2.38. The number of hydrogen-bond donors (Lipinski definition) is 1. The lowest BCUT2D eigenvalue weighted by Crippen LogP contribution is -1.97. The Kier molecular flexibility index (Phi) is 4.65. The highest BCUT2D eigenvalue weighted by Crippen LogP contribution is 2.43. The highest BCUT2D eigenvalue weighted by Gasteiger charge is 2.16. The van der Waals surface area contributed by atoms with Crippen molar-refractivity contribution in [3.05, 3.63) is 55.5 Å². The third kappa shape index (κ3) is 2.86. The molecule has 1 nitrogen and oxygen atoms in total. The van der Waals surface area contributed by atoms with Crippen molar-refractivity contribution in [1.82, 2.24) is 0 Å². The summed E-state index contributed by atoms with van der Waals surface area (Å²) in [6.45, 7) is 2.47. The summed E-state index contributed by atoms with van der Waals surface area (Å²) >= 11 is 24.5. The van der Waals surface area contributed by atoms with Gasteiger partial charge in [-0.05, 0) is 29.7 Å². The van der Waals surface area contributed by atoms with Crippen LogP contribution in [-0.2, 0) is 6.54 Å². The van der Waals surface area contributed by atoms with E-state index in [1.54, 1.807) is 6.07 Å². The third-order valence-electron chi connectivity index (χ3n) is 2.91. The summed E-state index contributed by atoms with van der Waals surface area (Å²) in [6.07, 6.45) is 0. The van der Waals surface area contributed by atoms with Crippen molar-refractivity contribution in [2.45, 2.75) is 13.5 Å². The van der Waals surface area contributed by atoms with Gasteiger partial charge in [-0.1, -0.05) is 64.6 Å². The lowest BCUT2D eigenvalue weighted by molar-refractivity contribution is 1.07. The van der Waals surface area contributed by atoms with Crippen LogP contribution in [0.1, 0.15) is 11.1 Å². The minimum absolute atomic E-state index is 0.310. The van der Waals surface area contributed by atoms with Gasteiger partial charge in [0.25, 0.3) is 0 Å². The molecular weight excluding hydrogens is 324 g/mol. The second-order valence-corrected chi connectivity index (χ2v) is 5.77. The van der Waals surface area contributed by atoms with Crippen molar-refractivity contribution < 1.29 is 0 Å². The van der Waals surface area contributed by atoms with Crippen LogP contribution in [0, 0.1) is 6.92 Å². The van der Waals surface area contributed by atoms with Crippen LogP contribution in [0.15, 0.2) is 24.3 Å². The lowest BCUT2D eigenvalue weighted by atomic mass is 9.98. The topological polar surface area (TPSA) is 26.0 Å². The number of rotatable bonds is 2. The van der Waals surface area contributed by atoms with E-state index in [9.17, 15) is 0 Å². The number of aryl methyl sites for hydroxylation is 1. The van der Waals surface area contributed by atoms with Gasteiger partial charge in [-0.2, -0.15) is 0 Å². The molecule has 0 radical (unpaired) electrons. The molecule has 0 bridgehead atoms. The standard InChI is InChI=1S/C14H11Cl4N/c1-7-4-8(6-19)2-3-9(7)12-10(15)5-11(16)13(17)14(12)18/h2-5H,6,19H2,1H3. The molecule has 0 saturated carbocycles. The zero-order chi connectivity index (χ0) is 14.2. The van der Waals surface area contributed by atoms with Crippen molar-refractivity contribution in [2.24, 2.45) is 5.73 Å². The molecule has 0 unspecified atom stereocenters. The van der Waals surface area contributed by atoms with E-state index in [1.807, 2.05) is 25.1 Å². The van der Waals surface area contributed by atoms with Crippen LogP contribution in [0.3, 0.4) is 0 Å².